The van der Waals surface area contributed by atoms with Gasteiger partial charge in [-0.3, -0.25) is 19.6 Å². The van der Waals surface area contributed by atoms with E-state index in [9.17, 15) is 14.9 Å². The number of para-hydroxylation sites is 2. The summed E-state index contributed by atoms with van der Waals surface area (Å²) in [6.07, 6.45) is 3.36. The third kappa shape index (κ3) is 2.94. The molecule has 8 nitrogen and oxygen atoms in total. The quantitative estimate of drug-likeness (QED) is 0.680. The zero-order valence-corrected chi connectivity index (χ0v) is 13.4. The first-order valence-electron chi connectivity index (χ1n) is 7.79. The average molecular weight is 329 g/mol. The minimum absolute atomic E-state index is 0.0160. The minimum Gasteiger partial charge on any atom is -0.365 e. The van der Waals surface area contributed by atoms with Crippen LogP contribution in [0.4, 0.5) is 11.4 Å². The van der Waals surface area contributed by atoms with Crippen LogP contribution in [0, 0.1) is 10.1 Å². The Kier molecular flexibility index (Phi) is 4.20. The standard InChI is InChI=1S/C16H19N5O3/c1-19-10-12(16(17)22)15(18-19)11-5-4-8-20(9-11)13-6-2-3-7-14(13)21(23)24/h2-3,6-7,10-11H,4-5,8-9H2,1H3,(H2,17,22). The number of benzene rings is 1. The molecule has 1 fully saturated rings. The van der Waals surface area contributed by atoms with E-state index in [0.717, 1.165) is 19.4 Å². The lowest BCUT2D eigenvalue weighted by Gasteiger charge is -2.33. The number of hydrogen-bond acceptors (Lipinski definition) is 5. The molecular formula is C16H19N5O3. The van der Waals surface area contributed by atoms with Gasteiger partial charge < -0.3 is 10.6 Å². The van der Waals surface area contributed by atoms with Crippen molar-refractivity contribution in [3.8, 4) is 0 Å². The molecule has 1 unspecified atom stereocenters. The van der Waals surface area contributed by atoms with E-state index >= 15 is 0 Å². The monoisotopic (exact) mass is 329 g/mol. The number of piperidine rings is 1. The van der Waals surface area contributed by atoms with Crippen molar-refractivity contribution in [2.24, 2.45) is 12.8 Å². The minimum atomic E-state index is -0.499. The fourth-order valence-electron chi connectivity index (χ4n) is 3.30. The summed E-state index contributed by atoms with van der Waals surface area (Å²) < 4.78 is 1.58. The van der Waals surface area contributed by atoms with E-state index in [4.69, 9.17) is 5.73 Å². The van der Waals surface area contributed by atoms with Crippen LogP contribution in [0.15, 0.2) is 30.5 Å². The van der Waals surface area contributed by atoms with Crippen LogP contribution < -0.4 is 10.6 Å². The van der Waals surface area contributed by atoms with Crippen LogP contribution in [-0.4, -0.2) is 33.7 Å². The van der Waals surface area contributed by atoms with Crippen molar-refractivity contribution in [3.63, 3.8) is 0 Å². The highest BCUT2D eigenvalue weighted by Crippen LogP contribution is 2.34. The molecule has 2 heterocycles. The summed E-state index contributed by atoms with van der Waals surface area (Å²) in [6.45, 7) is 1.31. The van der Waals surface area contributed by atoms with Crippen LogP contribution in [0.1, 0.15) is 34.8 Å². The lowest BCUT2D eigenvalue weighted by molar-refractivity contribution is -0.384. The molecule has 3 rings (SSSR count). The largest absolute Gasteiger partial charge is 0.365 e. The highest BCUT2D eigenvalue weighted by molar-refractivity contribution is 5.93. The number of aryl methyl sites for hydroxylation is 1. The first-order chi connectivity index (χ1) is 11.5. The molecule has 1 atom stereocenters. The molecule has 1 aliphatic rings. The topological polar surface area (TPSA) is 107 Å². The van der Waals surface area contributed by atoms with Crippen molar-refractivity contribution in [3.05, 3.63) is 51.8 Å². The van der Waals surface area contributed by atoms with E-state index in [1.54, 1.807) is 36.1 Å². The van der Waals surface area contributed by atoms with Crippen molar-refractivity contribution in [2.75, 3.05) is 18.0 Å². The number of nitrogens with zero attached hydrogens (tertiary/aromatic N) is 4. The van der Waals surface area contributed by atoms with Gasteiger partial charge in [0.15, 0.2) is 0 Å². The fraction of sp³-hybridized carbons (Fsp3) is 0.375. The Balaban J connectivity index is 1.91. The summed E-state index contributed by atoms with van der Waals surface area (Å²) in [4.78, 5) is 24.5. The first kappa shape index (κ1) is 16.0. The maximum Gasteiger partial charge on any atom is 0.292 e. The van der Waals surface area contributed by atoms with Gasteiger partial charge in [-0.25, -0.2) is 0 Å². The van der Waals surface area contributed by atoms with Crippen LogP contribution >= 0.6 is 0 Å². The Bertz CT molecular complexity index is 786. The lowest BCUT2D eigenvalue weighted by Crippen LogP contribution is -2.35. The summed E-state index contributed by atoms with van der Waals surface area (Å²) in [5, 5.41) is 15.7. The van der Waals surface area contributed by atoms with Gasteiger partial charge in [0.05, 0.1) is 16.2 Å². The Morgan fingerprint density at radius 1 is 1.42 bits per heavy atom. The van der Waals surface area contributed by atoms with Crippen LogP contribution in [0.5, 0.6) is 0 Å². The fourth-order valence-corrected chi connectivity index (χ4v) is 3.30. The molecule has 1 aliphatic heterocycles. The van der Waals surface area contributed by atoms with Crippen LogP contribution in [0.25, 0.3) is 0 Å². The van der Waals surface area contributed by atoms with Gasteiger partial charge in [0.2, 0.25) is 0 Å². The third-order valence-corrected chi connectivity index (χ3v) is 4.35. The highest BCUT2D eigenvalue weighted by Gasteiger charge is 2.29. The highest BCUT2D eigenvalue weighted by atomic mass is 16.6. The molecule has 0 spiro atoms. The lowest BCUT2D eigenvalue weighted by atomic mass is 9.92. The van der Waals surface area contributed by atoms with E-state index in [-0.39, 0.29) is 16.5 Å². The molecule has 1 saturated heterocycles. The second-order valence-corrected chi connectivity index (χ2v) is 6.00. The van der Waals surface area contributed by atoms with Gasteiger partial charge in [-0.15, -0.1) is 0 Å². The van der Waals surface area contributed by atoms with Gasteiger partial charge in [-0.2, -0.15) is 5.10 Å². The molecule has 1 amide bonds. The SMILES string of the molecule is Cn1cc(C(N)=O)c(C2CCCN(c3ccccc3[N+](=O)[O-])C2)n1. The number of hydrogen-bond donors (Lipinski definition) is 1. The Morgan fingerprint density at radius 3 is 2.88 bits per heavy atom. The zero-order chi connectivity index (χ0) is 17.3. The van der Waals surface area contributed by atoms with Gasteiger partial charge >= 0.3 is 0 Å². The number of nitro groups is 1. The molecule has 0 bridgehead atoms. The number of amides is 1. The molecule has 2 aromatic rings. The summed E-state index contributed by atoms with van der Waals surface area (Å²) in [7, 11) is 1.75. The van der Waals surface area contributed by atoms with Crippen molar-refractivity contribution < 1.29 is 9.72 Å². The zero-order valence-electron chi connectivity index (χ0n) is 13.4. The number of nitro benzene ring substituents is 1. The molecule has 1 aromatic carbocycles. The Labute approximate surface area is 139 Å². The van der Waals surface area contributed by atoms with Gasteiger partial charge in [-0.05, 0) is 18.9 Å². The summed E-state index contributed by atoms with van der Waals surface area (Å²) in [6, 6.07) is 6.72. The number of aromatic nitrogens is 2. The van der Waals surface area contributed by atoms with E-state index in [0.29, 0.717) is 23.5 Å². The number of primary amides is 1. The van der Waals surface area contributed by atoms with Crippen LogP contribution in [0.3, 0.4) is 0 Å². The third-order valence-electron chi connectivity index (χ3n) is 4.35. The van der Waals surface area contributed by atoms with E-state index < -0.39 is 5.91 Å². The van der Waals surface area contributed by atoms with Crippen molar-refractivity contribution in [2.45, 2.75) is 18.8 Å². The molecular weight excluding hydrogens is 310 g/mol. The predicted molar refractivity (Wildman–Crippen MR) is 89.0 cm³/mol. The molecule has 24 heavy (non-hydrogen) atoms. The number of nitrogens with two attached hydrogens (primary N) is 1. The van der Waals surface area contributed by atoms with E-state index in [1.165, 1.54) is 6.07 Å². The Morgan fingerprint density at radius 2 is 2.17 bits per heavy atom. The second-order valence-electron chi connectivity index (χ2n) is 6.00. The van der Waals surface area contributed by atoms with Crippen molar-refractivity contribution in [1.82, 2.24) is 9.78 Å². The number of carbonyl (C=O) groups is 1. The van der Waals surface area contributed by atoms with Gasteiger partial charge in [0.1, 0.15) is 5.69 Å². The van der Waals surface area contributed by atoms with E-state index in [2.05, 4.69) is 5.10 Å². The number of rotatable bonds is 4. The number of carbonyl (C=O) groups excluding carboxylic acids is 1. The molecule has 0 radical (unpaired) electrons. The molecule has 0 saturated carbocycles. The maximum absolute atomic E-state index is 11.6. The summed E-state index contributed by atoms with van der Waals surface area (Å²) >= 11 is 0. The van der Waals surface area contributed by atoms with Crippen molar-refractivity contribution in [1.29, 1.82) is 0 Å². The van der Waals surface area contributed by atoms with Crippen LogP contribution in [0.2, 0.25) is 0 Å². The second kappa shape index (κ2) is 6.31. The van der Waals surface area contributed by atoms with E-state index in [1.807, 2.05) is 4.90 Å². The molecule has 126 valence electrons. The summed E-state index contributed by atoms with van der Waals surface area (Å²) in [5.41, 5.74) is 7.24. The van der Waals surface area contributed by atoms with Crippen molar-refractivity contribution >= 4 is 17.3 Å². The average Bonchev–Trinajstić information content (AvgIpc) is 2.97. The van der Waals surface area contributed by atoms with Gasteiger partial charge in [-0.1, -0.05) is 12.1 Å². The smallest absolute Gasteiger partial charge is 0.292 e. The summed E-state index contributed by atoms with van der Waals surface area (Å²) in [5.74, 6) is -0.483. The molecule has 0 aliphatic carbocycles. The molecule has 8 heteroatoms. The number of anilines is 1. The molecule has 2 N–H and O–H groups in total. The molecule has 1 aromatic heterocycles. The normalized spacial score (nSPS) is 17.7. The predicted octanol–water partition coefficient (Wildman–Crippen LogP) is 1.81. The maximum atomic E-state index is 11.6. The Hall–Kier alpha value is -2.90. The van der Waals surface area contributed by atoms with Gasteiger partial charge in [0, 0.05) is 38.3 Å². The van der Waals surface area contributed by atoms with Crippen LogP contribution in [-0.2, 0) is 7.05 Å². The van der Waals surface area contributed by atoms with Gasteiger partial charge in [0.25, 0.3) is 11.6 Å². The first-order valence-corrected chi connectivity index (χ1v) is 7.79.